The maximum atomic E-state index is 12.1. The van der Waals surface area contributed by atoms with Crippen LogP contribution in [0.2, 0.25) is 0 Å². The smallest absolute Gasteiger partial charge is 0.269 e. The van der Waals surface area contributed by atoms with Gasteiger partial charge in [0, 0.05) is 25.1 Å². The Labute approximate surface area is 118 Å². The summed E-state index contributed by atoms with van der Waals surface area (Å²) in [4.78, 5) is 26.3. The maximum Gasteiger partial charge on any atom is 0.269 e. The summed E-state index contributed by atoms with van der Waals surface area (Å²) in [7, 11) is 0. The number of hydrogen-bond acceptors (Lipinski definition) is 4. The van der Waals surface area contributed by atoms with Gasteiger partial charge in [0.05, 0.1) is 11.9 Å². The molecule has 0 bridgehead atoms. The fourth-order valence-corrected chi connectivity index (χ4v) is 3.22. The van der Waals surface area contributed by atoms with E-state index < -0.39 is 0 Å². The molecule has 20 heavy (non-hydrogen) atoms. The lowest BCUT2D eigenvalue weighted by Gasteiger charge is -2.17. The third kappa shape index (κ3) is 2.76. The lowest BCUT2D eigenvalue weighted by Crippen LogP contribution is -2.30. The predicted molar refractivity (Wildman–Crippen MR) is 76.9 cm³/mol. The lowest BCUT2D eigenvalue weighted by molar-refractivity contribution is -0.123. The van der Waals surface area contributed by atoms with Crippen LogP contribution in [-0.4, -0.2) is 28.7 Å². The zero-order chi connectivity index (χ0) is 13.9. The van der Waals surface area contributed by atoms with Gasteiger partial charge in [-0.3, -0.25) is 9.59 Å². The second-order valence-electron chi connectivity index (χ2n) is 5.85. The molecule has 1 saturated heterocycles. The molecule has 1 aliphatic heterocycles. The number of hydrogen-bond donors (Lipinski definition) is 0. The van der Waals surface area contributed by atoms with Gasteiger partial charge in [0.2, 0.25) is 0 Å². The van der Waals surface area contributed by atoms with Crippen molar-refractivity contribution in [3.05, 3.63) is 22.6 Å². The van der Waals surface area contributed by atoms with E-state index in [4.69, 9.17) is 0 Å². The fourth-order valence-electron chi connectivity index (χ4n) is 3.22. The zero-order valence-electron chi connectivity index (χ0n) is 11.8. The van der Waals surface area contributed by atoms with Crippen LogP contribution in [0.25, 0.3) is 0 Å². The molecule has 0 N–H and O–H groups in total. The van der Waals surface area contributed by atoms with Gasteiger partial charge in [-0.2, -0.15) is 5.10 Å². The molecular formula is C15H21N3O2. The van der Waals surface area contributed by atoms with E-state index >= 15 is 0 Å². The number of carbonyl (C=O) groups is 1. The monoisotopic (exact) mass is 275 g/mol. The topological polar surface area (TPSA) is 55.2 Å². The minimum atomic E-state index is -0.166. The molecule has 0 amide bonds. The van der Waals surface area contributed by atoms with Crippen molar-refractivity contribution < 1.29 is 4.79 Å². The van der Waals surface area contributed by atoms with Crippen molar-refractivity contribution in [2.45, 2.75) is 45.1 Å². The average molecular weight is 275 g/mol. The summed E-state index contributed by atoms with van der Waals surface area (Å²) in [6, 6.07) is 1.61. The number of Topliss-reactive ketones (excluding diaryl/α,β-unsaturated/α-hetero) is 1. The fraction of sp³-hybridized carbons (Fsp3) is 0.667. The number of ketones is 1. The highest BCUT2D eigenvalue weighted by Crippen LogP contribution is 2.25. The van der Waals surface area contributed by atoms with Crippen molar-refractivity contribution in [1.82, 2.24) is 9.78 Å². The van der Waals surface area contributed by atoms with E-state index in [1.54, 1.807) is 12.3 Å². The van der Waals surface area contributed by atoms with Crippen LogP contribution in [0.4, 0.5) is 5.69 Å². The second-order valence-corrected chi connectivity index (χ2v) is 5.85. The maximum absolute atomic E-state index is 12.1. The number of rotatable bonds is 4. The summed E-state index contributed by atoms with van der Waals surface area (Å²) < 4.78 is 1.31. The van der Waals surface area contributed by atoms with E-state index in [0.29, 0.717) is 0 Å². The number of anilines is 1. The van der Waals surface area contributed by atoms with Gasteiger partial charge in [0.25, 0.3) is 5.56 Å². The van der Waals surface area contributed by atoms with E-state index in [1.165, 1.54) is 17.5 Å². The molecule has 2 heterocycles. The molecule has 0 radical (unpaired) electrons. The van der Waals surface area contributed by atoms with E-state index in [9.17, 15) is 9.59 Å². The first-order valence-electron chi connectivity index (χ1n) is 7.59. The minimum Gasteiger partial charge on any atom is -0.370 e. The Bertz CT molecular complexity index is 540. The quantitative estimate of drug-likeness (QED) is 0.837. The second kappa shape index (κ2) is 5.77. The van der Waals surface area contributed by atoms with Crippen LogP contribution in [0, 0.1) is 5.92 Å². The predicted octanol–water partition coefficient (Wildman–Crippen LogP) is 1.60. The Hall–Kier alpha value is -1.65. The third-order valence-electron chi connectivity index (χ3n) is 4.44. The van der Waals surface area contributed by atoms with Gasteiger partial charge >= 0.3 is 0 Å². The minimum absolute atomic E-state index is 0.129. The van der Waals surface area contributed by atoms with Crippen LogP contribution >= 0.6 is 0 Å². The molecule has 1 aliphatic carbocycles. The Balaban J connectivity index is 1.70. The van der Waals surface area contributed by atoms with E-state index in [2.05, 4.69) is 10.00 Å². The molecule has 1 aromatic rings. The summed E-state index contributed by atoms with van der Waals surface area (Å²) in [6.45, 7) is 2.11. The van der Waals surface area contributed by atoms with Crippen molar-refractivity contribution in [2.75, 3.05) is 18.0 Å². The van der Waals surface area contributed by atoms with Gasteiger partial charge < -0.3 is 4.90 Å². The molecule has 0 unspecified atom stereocenters. The van der Waals surface area contributed by atoms with Crippen molar-refractivity contribution in [1.29, 1.82) is 0 Å². The first-order valence-corrected chi connectivity index (χ1v) is 7.59. The molecule has 2 fully saturated rings. The van der Waals surface area contributed by atoms with Crippen LogP contribution in [0.15, 0.2) is 17.1 Å². The Kier molecular flexibility index (Phi) is 3.85. The van der Waals surface area contributed by atoms with Gasteiger partial charge in [-0.1, -0.05) is 12.8 Å². The van der Waals surface area contributed by atoms with Gasteiger partial charge in [-0.15, -0.1) is 0 Å². The zero-order valence-corrected chi connectivity index (χ0v) is 11.8. The molecule has 5 heteroatoms. The standard InChI is InChI=1S/C15H21N3O2/c19-14(12-5-1-2-6-12)11-18-15(20)9-13(10-16-18)17-7-3-4-8-17/h9-10,12H,1-8,11H2. The van der Waals surface area contributed by atoms with Crippen LogP contribution in [0.5, 0.6) is 0 Å². The molecule has 0 aromatic carbocycles. The van der Waals surface area contributed by atoms with Crippen LogP contribution in [0.3, 0.4) is 0 Å². The summed E-state index contributed by atoms with van der Waals surface area (Å²) in [5, 5.41) is 4.18. The third-order valence-corrected chi connectivity index (χ3v) is 4.44. The van der Waals surface area contributed by atoms with Crippen LogP contribution in [0.1, 0.15) is 38.5 Å². The van der Waals surface area contributed by atoms with E-state index in [-0.39, 0.29) is 23.8 Å². The Morgan fingerprint density at radius 3 is 2.55 bits per heavy atom. The molecule has 108 valence electrons. The van der Waals surface area contributed by atoms with Crippen molar-refractivity contribution in [3.63, 3.8) is 0 Å². The van der Waals surface area contributed by atoms with E-state index in [1.807, 2.05) is 0 Å². The van der Waals surface area contributed by atoms with E-state index in [0.717, 1.165) is 44.5 Å². The average Bonchev–Trinajstić information content (AvgIpc) is 3.14. The molecule has 2 aliphatic rings. The normalized spacial score (nSPS) is 19.7. The Morgan fingerprint density at radius 2 is 1.90 bits per heavy atom. The summed E-state index contributed by atoms with van der Waals surface area (Å²) in [5.41, 5.74) is 0.720. The number of nitrogens with zero attached hydrogens (tertiary/aromatic N) is 3. The Morgan fingerprint density at radius 1 is 1.20 bits per heavy atom. The highest BCUT2D eigenvalue weighted by atomic mass is 16.1. The van der Waals surface area contributed by atoms with Gasteiger partial charge in [0.1, 0.15) is 6.54 Å². The first kappa shape index (κ1) is 13.3. The van der Waals surface area contributed by atoms with Crippen molar-refractivity contribution in [2.24, 2.45) is 5.92 Å². The molecule has 3 rings (SSSR count). The van der Waals surface area contributed by atoms with Crippen molar-refractivity contribution >= 4 is 11.5 Å². The molecule has 0 spiro atoms. The summed E-state index contributed by atoms with van der Waals surface area (Å²) in [6.07, 6.45) is 8.26. The highest BCUT2D eigenvalue weighted by Gasteiger charge is 2.23. The largest absolute Gasteiger partial charge is 0.370 e. The highest BCUT2D eigenvalue weighted by molar-refractivity contribution is 5.80. The summed E-state index contributed by atoms with van der Waals surface area (Å²) >= 11 is 0. The van der Waals surface area contributed by atoms with Crippen molar-refractivity contribution in [3.8, 4) is 0 Å². The SMILES string of the molecule is O=C(Cn1ncc(N2CCCC2)cc1=O)C1CCCC1. The molecular weight excluding hydrogens is 254 g/mol. The van der Waals surface area contributed by atoms with Gasteiger partial charge in [-0.05, 0) is 25.7 Å². The molecule has 1 aromatic heterocycles. The summed E-state index contributed by atoms with van der Waals surface area (Å²) in [5.74, 6) is 0.299. The van der Waals surface area contributed by atoms with Crippen LogP contribution in [-0.2, 0) is 11.3 Å². The lowest BCUT2D eigenvalue weighted by atomic mass is 10.0. The first-order chi connectivity index (χ1) is 9.74. The van der Waals surface area contributed by atoms with Gasteiger partial charge in [-0.25, -0.2) is 4.68 Å². The molecule has 1 saturated carbocycles. The number of aromatic nitrogens is 2. The number of carbonyl (C=O) groups excluding carboxylic acids is 1. The molecule has 0 atom stereocenters. The molecule has 5 nitrogen and oxygen atoms in total. The van der Waals surface area contributed by atoms with Gasteiger partial charge in [0.15, 0.2) is 5.78 Å². The van der Waals surface area contributed by atoms with Crippen LogP contribution < -0.4 is 10.5 Å².